The molecule has 0 bridgehead atoms. The van der Waals surface area contributed by atoms with Crippen LogP contribution < -0.4 is 10.2 Å². The van der Waals surface area contributed by atoms with Gasteiger partial charge in [-0.2, -0.15) is 0 Å². The number of hydrogen-bond donors (Lipinski definition) is 1. The van der Waals surface area contributed by atoms with Crippen LogP contribution in [-0.4, -0.2) is 30.6 Å². The Morgan fingerprint density at radius 3 is 2.58 bits per heavy atom. The maximum Gasteiger partial charge on any atom is 0.137 e. The van der Waals surface area contributed by atoms with Gasteiger partial charge in [0, 0.05) is 32.6 Å². The van der Waals surface area contributed by atoms with Crippen molar-refractivity contribution in [2.24, 2.45) is 5.92 Å². The van der Waals surface area contributed by atoms with E-state index in [0.717, 1.165) is 48.3 Å². The van der Waals surface area contributed by atoms with E-state index < -0.39 is 0 Å². The largest absolute Gasteiger partial charge is 0.373 e. The quantitative estimate of drug-likeness (QED) is 0.855. The van der Waals surface area contributed by atoms with E-state index in [1.165, 1.54) is 19.3 Å². The minimum atomic E-state index is 0.854. The molecule has 1 fully saturated rings. The summed E-state index contributed by atoms with van der Waals surface area (Å²) in [5.41, 5.74) is 1.16. The predicted octanol–water partition coefficient (Wildman–Crippen LogP) is 3.02. The van der Waals surface area contributed by atoms with Crippen molar-refractivity contribution in [3.8, 4) is 0 Å². The molecule has 0 aromatic carbocycles. The van der Waals surface area contributed by atoms with Crippen molar-refractivity contribution >= 4 is 11.6 Å². The zero-order chi connectivity index (χ0) is 13.8. The topological polar surface area (TPSA) is 41.1 Å². The van der Waals surface area contributed by atoms with Gasteiger partial charge in [0.1, 0.15) is 17.5 Å². The van der Waals surface area contributed by atoms with Crippen LogP contribution in [0.1, 0.15) is 44.0 Å². The standard InChI is InChI=1S/C15H26N4/c1-5-7-13-17-14(16-3)11(2)15(18-13)19(4)10-12-8-6-9-12/h12H,5-10H2,1-4H3,(H,16,17,18). The molecule has 1 aliphatic carbocycles. The minimum absolute atomic E-state index is 0.854. The fourth-order valence-corrected chi connectivity index (χ4v) is 2.65. The van der Waals surface area contributed by atoms with E-state index in [4.69, 9.17) is 4.98 Å². The van der Waals surface area contributed by atoms with Gasteiger partial charge in [-0.1, -0.05) is 13.3 Å². The second-order valence-corrected chi connectivity index (χ2v) is 5.61. The molecule has 2 rings (SSSR count). The molecule has 0 spiro atoms. The Morgan fingerprint density at radius 1 is 1.32 bits per heavy atom. The van der Waals surface area contributed by atoms with Gasteiger partial charge in [-0.3, -0.25) is 0 Å². The van der Waals surface area contributed by atoms with Gasteiger partial charge >= 0.3 is 0 Å². The summed E-state index contributed by atoms with van der Waals surface area (Å²) in [6, 6.07) is 0. The smallest absolute Gasteiger partial charge is 0.137 e. The van der Waals surface area contributed by atoms with Crippen LogP contribution in [0.15, 0.2) is 0 Å². The first-order valence-corrected chi connectivity index (χ1v) is 7.42. The number of nitrogens with zero attached hydrogens (tertiary/aromatic N) is 3. The fourth-order valence-electron chi connectivity index (χ4n) is 2.65. The Kier molecular flexibility index (Phi) is 4.61. The summed E-state index contributed by atoms with van der Waals surface area (Å²) in [7, 11) is 4.09. The van der Waals surface area contributed by atoms with Crippen molar-refractivity contribution in [1.29, 1.82) is 0 Å². The molecule has 19 heavy (non-hydrogen) atoms. The van der Waals surface area contributed by atoms with Gasteiger partial charge in [-0.15, -0.1) is 0 Å². The summed E-state index contributed by atoms with van der Waals surface area (Å²) in [6.07, 6.45) is 6.16. The Bertz CT molecular complexity index is 426. The molecule has 0 radical (unpaired) electrons. The Hall–Kier alpha value is -1.32. The summed E-state index contributed by atoms with van der Waals surface area (Å²) in [5, 5.41) is 3.19. The van der Waals surface area contributed by atoms with Gasteiger partial charge in [0.25, 0.3) is 0 Å². The van der Waals surface area contributed by atoms with Crippen molar-refractivity contribution in [2.75, 3.05) is 30.9 Å². The van der Waals surface area contributed by atoms with E-state index in [1.54, 1.807) is 0 Å². The van der Waals surface area contributed by atoms with Gasteiger partial charge in [-0.25, -0.2) is 9.97 Å². The molecule has 1 aromatic heterocycles. The lowest BCUT2D eigenvalue weighted by molar-refractivity contribution is 0.321. The number of hydrogen-bond acceptors (Lipinski definition) is 4. The highest BCUT2D eigenvalue weighted by atomic mass is 15.2. The maximum absolute atomic E-state index is 4.76. The van der Waals surface area contributed by atoms with Crippen molar-refractivity contribution in [3.05, 3.63) is 11.4 Å². The van der Waals surface area contributed by atoms with Crippen LogP contribution in [0.4, 0.5) is 11.6 Å². The number of aromatic nitrogens is 2. The van der Waals surface area contributed by atoms with Gasteiger partial charge in [0.2, 0.25) is 0 Å². The van der Waals surface area contributed by atoms with E-state index in [9.17, 15) is 0 Å². The average Bonchev–Trinajstić information content (AvgIpc) is 2.35. The third kappa shape index (κ3) is 3.17. The van der Waals surface area contributed by atoms with Gasteiger partial charge < -0.3 is 10.2 Å². The van der Waals surface area contributed by atoms with Gasteiger partial charge in [0.15, 0.2) is 0 Å². The van der Waals surface area contributed by atoms with E-state index in [-0.39, 0.29) is 0 Å². The molecule has 1 N–H and O–H groups in total. The molecule has 0 unspecified atom stereocenters. The van der Waals surface area contributed by atoms with Crippen molar-refractivity contribution in [2.45, 2.75) is 46.0 Å². The molecular weight excluding hydrogens is 236 g/mol. The highest BCUT2D eigenvalue weighted by molar-refractivity contribution is 5.58. The first-order chi connectivity index (χ1) is 9.15. The number of rotatable bonds is 6. The highest BCUT2D eigenvalue weighted by Gasteiger charge is 2.21. The van der Waals surface area contributed by atoms with Crippen LogP contribution in [0.25, 0.3) is 0 Å². The molecule has 0 saturated heterocycles. The maximum atomic E-state index is 4.76. The molecule has 4 heteroatoms. The highest BCUT2D eigenvalue weighted by Crippen LogP contribution is 2.30. The van der Waals surface area contributed by atoms with Crippen LogP contribution in [0.2, 0.25) is 0 Å². The molecular formula is C15H26N4. The molecule has 0 aliphatic heterocycles. The molecule has 1 aromatic rings. The van der Waals surface area contributed by atoms with E-state index in [2.05, 4.69) is 36.1 Å². The lowest BCUT2D eigenvalue weighted by Crippen LogP contribution is -2.30. The first kappa shape index (κ1) is 14.1. The number of anilines is 2. The Morgan fingerprint density at radius 2 is 2.05 bits per heavy atom. The summed E-state index contributed by atoms with van der Waals surface area (Å²) in [4.78, 5) is 11.7. The third-order valence-corrected chi connectivity index (χ3v) is 4.00. The average molecular weight is 262 g/mol. The normalized spacial score (nSPS) is 15.2. The third-order valence-electron chi connectivity index (χ3n) is 4.00. The van der Waals surface area contributed by atoms with Crippen LogP contribution in [0, 0.1) is 12.8 Å². The number of aryl methyl sites for hydroxylation is 1. The number of nitrogens with one attached hydrogen (secondary N) is 1. The molecule has 0 atom stereocenters. The van der Waals surface area contributed by atoms with Crippen molar-refractivity contribution < 1.29 is 0 Å². The molecule has 0 amide bonds. The van der Waals surface area contributed by atoms with E-state index in [0.29, 0.717) is 0 Å². The van der Waals surface area contributed by atoms with Gasteiger partial charge in [-0.05, 0) is 32.1 Å². The summed E-state index contributed by atoms with van der Waals surface area (Å²) in [5.74, 6) is 3.86. The summed E-state index contributed by atoms with van der Waals surface area (Å²) < 4.78 is 0. The second-order valence-electron chi connectivity index (χ2n) is 5.61. The molecule has 1 saturated carbocycles. The molecule has 4 nitrogen and oxygen atoms in total. The molecule has 1 aliphatic rings. The zero-order valence-electron chi connectivity index (χ0n) is 12.7. The Balaban J connectivity index is 2.22. The van der Waals surface area contributed by atoms with Crippen LogP contribution in [0.3, 0.4) is 0 Å². The summed E-state index contributed by atoms with van der Waals surface area (Å²) in [6.45, 7) is 5.39. The first-order valence-electron chi connectivity index (χ1n) is 7.42. The SMILES string of the molecule is CCCc1nc(NC)c(C)c(N(C)CC2CCC2)n1. The van der Waals surface area contributed by atoms with Crippen LogP contribution in [0.5, 0.6) is 0 Å². The molecule has 1 heterocycles. The van der Waals surface area contributed by atoms with Gasteiger partial charge in [0.05, 0.1) is 0 Å². The minimum Gasteiger partial charge on any atom is -0.373 e. The predicted molar refractivity (Wildman–Crippen MR) is 80.9 cm³/mol. The molecule has 106 valence electrons. The second kappa shape index (κ2) is 6.22. The monoisotopic (exact) mass is 262 g/mol. The summed E-state index contributed by atoms with van der Waals surface area (Å²) >= 11 is 0. The zero-order valence-corrected chi connectivity index (χ0v) is 12.7. The Labute approximate surface area is 116 Å². The fraction of sp³-hybridized carbons (Fsp3) is 0.733. The van der Waals surface area contributed by atoms with Crippen molar-refractivity contribution in [1.82, 2.24) is 9.97 Å². The van der Waals surface area contributed by atoms with Crippen LogP contribution in [-0.2, 0) is 6.42 Å². The lowest BCUT2D eigenvalue weighted by Gasteiger charge is -2.31. The van der Waals surface area contributed by atoms with E-state index in [1.807, 2.05) is 7.05 Å². The van der Waals surface area contributed by atoms with E-state index >= 15 is 0 Å². The van der Waals surface area contributed by atoms with Crippen LogP contribution >= 0.6 is 0 Å². The van der Waals surface area contributed by atoms with Crippen molar-refractivity contribution in [3.63, 3.8) is 0 Å². The lowest BCUT2D eigenvalue weighted by atomic mass is 9.85.